The summed E-state index contributed by atoms with van der Waals surface area (Å²) in [5, 5.41) is 35.9. The van der Waals surface area contributed by atoms with Crippen LogP contribution in [0.1, 0.15) is 56.6 Å². The Labute approximate surface area is 171 Å². The Bertz CT molecular complexity index is 852. The lowest BCUT2D eigenvalue weighted by atomic mass is 9.48. The number of phenolic OH excluding ortho intramolecular Hbond substituents is 1. The Morgan fingerprint density at radius 2 is 2.10 bits per heavy atom. The molecule has 1 aromatic rings. The molecule has 3 fully saturated rings. The first-order valence-electron chi connectivity index (χ1n) is 11.4. The lowest BCUT2D eigenvalue weighted by molar-refractivity contribution is -0.924. The number of hydroxylamine groups is 3. The summed E-state index contributed by atoms with van der Waals surface area (Å²) in [6, 6.07) is 3.47. The van der Waals surface area contributed by atoms with Crippen LogP contribution in [0.25, 0.3) is 0 Å². The Morgan fingerprint density at radius 1 is 1.28 bits per heavy atom. The number of quaternary nitrogens is 1. The van der Waals surface area contributed by atoms with Crippen LogP contribution < -0.4 is 4.74 Å². The minimum Gasteiger partial charge on any atom is -0.632 e. The van der Waals surface area contributed by atoms with Crippen molar-refractivity contribution in [2.45, 2.75) is 81.1 Å². The van der Waals surface area contributed by atoms with Gasteiger partial charge in [0.25, 0.3) is 0 Å². The first-order valence-corrected chi connectivity index (χ1v) is 11.4. The highest BCUT2D eigenvalue weighted by molar-refractivity contribution is 5.62. The maximum atomic E-state index is 14.3. The van der Waals surface area contributed by atoms with E-state index < -0.39 is 23.2 Å². The summed E-state index contributed by atoms with van der Waals surface area (Å²) < 4.78 is 12.9. The minimum atomic E-state index is -0.631. The van der Waals surface area contributed by atoms with Crippen molar-refractivity contribution in [2.75, 3.05) is 19.7 Å². The monoisotopic (exact) mass is 401 g/mol. The van der Waals surface area contributed by atoms with Gasteiger partial charge < -0.3 is 29.5 Å². The summed E-state index contributed by atoms with van der Waals surface area (Å²) in [7, 11) is 0. The fraction of sp³-hybridized carbons (Fsp3) is 0.739. The maximum Gasteiger partial charge on any atom is 0.165 e. The fourth-order valence-corrected chi connectivity index (χ4v) is 7.28. The van der Waals surface area contributed by atoms with Gasteiger partial charge in [0, 0.05) is 30.9 Å². The average molecular weight is 402 g/mol. The molecule has 29 heavy (non-hydrogen) atoms. The SMILES string of the molecule is CCCO[C@@]12CC[C@@H](O)[C@@H]3Oc4c(O)ccc5c4[C@@]31CC[N+]([O-])(CC1CC1)[C@@H]2C5. The summed E-state index contributed by atoms with van der Waals surface area (Å²) in [5.41, 5.74) is 0.950. The lowest BCUT2D eigenvalue weighted by Crippen LogP contribution is -2.81. The van der Waals surface area contributed by atoms with Crippen molar-refractivity contribution >= 4 is 0 Å². The molecule has 1 aromatic carbocycles. The number of aliphatic hydroxyl groups is 1. The molecule has 5 aliphatic rings. The van der Waals surface area contributed by atoms with E-state index in [1.165, 1.54) is 12.8 Å². The Kier molecular flexibility index (Phi) is 3.73. The van der Waals surface area contributed by atoms with Crippen molar-refractivity contribution in [1.82, 2.24) is 0 Å². The van der Waals surface area contributed by atoms with Gasteiger partial charge in [0.15, 0.2) is 11.5 Å². The highest BCUT2D eigenvalue weighted by atomic mass is 16.6. The van der Waals surface area contributed by atoms with Gasteiger partial charge in [-0.25, -0.2) is 0 Å². The van der Waals surface area contributed by atoms with E-state index in [4.69, 9.17) is 9.47 Å². The van der Waals surface area contributed by atoms with Gasteiger partial charge in [0.05, 0.1) is 24.6 Å². The zero-order valence-corrected chi connectivity index (χ0v) is 17.1. The predicted octanol–water partition coefficient (Wildman–Crippen LogP) is 2.76. The van der Waals surface area contributed by atoms with Crippen molar-refractivity contribution < 1.29 is 24.3 Å². The van der Waals surface area contributed by atoms with Crippen LogP contribution in [0, 0.1) is 11.1 Å². The number of ether oxygens (including phenoxy) is 2. The molecule has 6 heteroatoms. The van der Waals surface area contributed by atoms with E-state index in [0.717, 1.165) is 17.5 Å². The second-order valence-corrected chi connectivity index (χ2v) is 10.1. The number of likely N-dealkylation sites (tertiary alicyclic amines) is 1. The molecule has 0 aromatic heterocycles. The number of piperidine rings is 1. The molecule has 0 amide bonds. The number of hydrogen-bond acceptors (Lipinski definition) is 5. The number of rotatable bonds is 5. The molecule has 2 aliphatic heterocycles. The third kappa shape index (κ3) is 2.16. The molecule has 6 nitrogen and oxygen atoms in total. The molecular weight excluding hydrogens is 370 g/mol. The molecular formula is C23H31NO5. The molecule has 2 saturated carbocycles. The first-order chi connectivity index (χ1) is 14.0. The van der Waals surface area contributed by atoms with Crippen LogP contribution in [0.2, 0.25) is 0 Å². The minimum absolute atomic E-state index is 0.133. The second kappa shape index (κ2) is 5.88. The molecule has 158 valence electrons. The van der Waals surface area contributed by atoms with Crippen LogP contribution in [0.3, 0.4) is 0 Å². The highest BCUT2D eigenvalue weighted by Crippen LogP contribution is 2.67. The number of nitrogens with zero attached hydrogens (tertiary/aromatic N) is 1. The quantitative estimate of drug-likeness (QED) is 0.586. The zero-order valence-electron chi connectivity index (χ0n) is 17.1. The molecule has 3 aliphatic carbocycles. The average Bonchev–Trinajstić information content (AvgIpc) is 3.43. The number of aliphatic hydroxyl groups excluding tert-OH is 1. The summed E-state index contributed by atoms with van der Waals surface area (Å²) in [6.45, 7) is 3.93. The van der Waals surface area contributed by atoms with Gasteiger partial charge in [0.1, 0.15) is 17.7 Å². The number of phenols is 1. The van der Waals surface area contributed by atoms with Gasteiger partial charge >= 0.3 is 0 Å². The van der Waals surface area contributed by atoms with Crippen molar-refractivity contribution in [3.63, 3.8) is 0 Å². The lowest BCUT2D eigenvalue weighted by Gasteiger charge is -2.69. The highest BCUT2D eigenvalue weighted by Gasteiger charge is 2.76. The van der Waals surface area contributed by atoms with Gasteiger partial charge in [-0.1, -0.05) is 13.0 Å². The van der Waals surface area contributed by atoms with Crippen molar-refractivity contribution in [1.29, 1.82) is 0 Å². The van der Waals surface area contributed by atoms with Crippen LogP contribution in [-0.2, 0) is 16.6 Å². The summed E-state index contributed by atoms with van der Waals surface area (Å²) >= 11 is 0. The third-order valence-corrected chi connectivity index (χ3v) is 8.55. The molecule has 6 atom stereocenters. The van der Waals surface area contributed by atoms with E-state index in [9.17, 15) is 15.4 Å². The topological polar surface area (TPSA) is 82.0 Å². The van der Waals surface area contributed by atoms with Gasteiger partial charge in [0.2, 0.25) is 0 Å². The van der Waals surface area contributed by atoms with Crippen LogP contribution >= 0.6 is 0 Å². The molecule has 6 rings (SSSR count). The van der Waals surface area contributed by atoms with Crippen LogP contribution in [0.4, 0.5) is 0 Å². The van der Waals surface area contributed by atoms with Crippen LogP contribution in [0.5, 0.6) is 11.5 Å². The molecule has 2 N–H and O–H groups in total. The van der Waals surface area contributed by atoms with E-state index in [1.807, 2.05) is 6.07 Å². The Hall–Kier alpha value is -1.34. The maximum absolute atomic E-state index is 14.3. The van der Waals surface area contributed by atoms with E-state index in [-0.39, 0.29) is 16.4 Å². The van der Waals surface area contributed by atoms with E-state index >= 15 is 0 Å². The predicted molar refractivity (Wildman–Crippen MR) is 107 cm³/mol. The molecule has 1 unspecified atom stereocenters. The van der Waals surface area contributed by atoms with Gasteiger partial charge in [-0.3, -0.25) is 0 Å². The van der Waals surface area contributed by atoms with E-state index in [1.54, 1.807) is 6.07 Å². The summed E-state index contributed by atoms with van der Waals surface area (Å²) in [4.78, 5) is 0. The van der Waals surface area contributed by atoms with Crippen molar-refractivity contribution in [3.05, 3.63) is 28.5 Å². The van der Waals surface area contributed by atoms with Crippen molar-refractivity contribution in [3.8, 4) is 11.5 Å². The fourth-order valence-electron chi connectivity index (χ4n) is 7.28. The van der Waals surface area contributed by atoms with Crippen LogP contribution in [-0.4, -0.2) is 58.4 Å². The number of hydrogen-bond donors (Lipinski definition) is 2. The summed E-state index contributed by atoms with van der Waals surface area (Å²) in [6.07, 6.45) is 4.73. The summed E-state index contributed by atoms with van der Waals surface area (Å²) in [5.74, 6) is 1.20. The largest absolute Gasteiger partial charge is 0.632 e. The zero-order chi connectivity index (χ0) is 20.0. The molecule has 2 heterocycles. The number of aromatic hydroxyl groups is 1. The van der Waals surface area contributed by atoms with Gasteiger partial charge in [-0.15, -0.1) is 0 Å². The molecule has 2 bridgehead atoms. The molecule has 0 radical (unpaired) electrons. The normalized spacial score (nSPS) is 44.3. The Morgan fingerprint density at radius 3 is 2.86 bits per heavy atom. The van der Waals surface area contributed by atoms with Gasteiger partial charge in [-0.05, 0) is 43.7 Å². The molecule has 1 saturated heterocycles. The van der Waals surface area contributed by atoms with E-state index in [2.05, 4.69) is 6.92 Å². The van der Waals surface area contributed by atoms with E-state index in [0.29, 0.717) is 57.0 Å². The number of benzene rings is 1. The first kappa shape index (κ1) is 18.4. The Balaban J connectivity index is 1.59. The third-order valence-electron chi connectivity index (χ3n) is 8.55. The van der Waals surface area contributed by atoms with Crippen LogP contribution in [0.15, 0.2) is 12.1 Å². The standard InChI is InChI=1S/C23H31NO5/c1-2-11-28-23-8-7-17(26)21-22(23)9-10-24(27,13-14-3-4-14)18(23)12-15-5-6-16(25)20(29-21)19(15)22/h5-6,14,17-18,21,25-26H,2-4,7-13H2,1H3/t17-,18-,21+,22+,23-,24?/m1/s1. The molecule has 1 spiro atoms. The van der Waals surface area contributed by atoms with Crippen molar-refractivity contribution in [2.24, 2.45) is 5.92 Å². The second-order valence-electron chi connectivity index (χ2n) is 10.1. The smallest absolute Gasteiger partial charge is 0.165 e. The van der Waals surface area contributed by atoms with Gasteiger partial charge in [-0.2, -0.15) is 0 Å².